The first kappa shape index (κ1) is 17.7. The largest absolute Gasteiger partial charge is 0.496 e. The van der Waals surface area contributed by atoms with Gasteiger partial charge in [-0.3, -0.25) is 9.89 Å². The van der Waals surface area contributed by atoms with Gasteiger partial charge in [0.1, 0.15) is 11.6 Å². The molecule has 25 heavy (non-hydrogen) atoms. The van der Waals surface area contributed by atoms with Gasteiger partial charge < -0.3 is 15.2 Å². The van der Waals surface area contributed by atoms with Crippen molar-refractivity contribution in [2.45, 2.75) is 31.9 Å². The number of aromatic amines is 1. The molecule has 1 atom stereocenters. The number of rotatable bonds is 5. The molecule has 1 saturated carbocycles. The van der Waals surface area contributed by atoms with E-state index < -0.39 is 23.9 Å². The number of hydrogen-bond donors (Lipinski definition) is 3. The Morgan fingerprint density at radius 3 is 2.80 bits per heavy atom. The zero-order valence-electron chi connectivity index (χ0n) is 13.8. The summed E-state index contributed by atoms with van der Waals surface area (Å²) in [7, 11) is 1.49. The first-order valence-corrected chi connectivity index (χ1v) is 8.31. The molecule has 1 amide bonds. The number of aromatic nitrogens is 2. The second-order valence-electron chi connectivity index (χ2n) is 6.23. The zero-order valence-corrected chi connectivity index (χ0v) is 14.6. The first-order valence-electron chi connectivity index (χ1n) is 7.93. The lowest BCUT2D eigenvalue weighted by atomic mass is 9.74. The topological polar surface area (TPSA) is 87.2 Å². The number of nitrogens with zero attached hydrogens (tertiary/aromatic N) is 1. The van der Waals surface area contributed by atoms with Crippen LogP contribution < -0.4 is 10.1 Å². The van der Waals surface area contributed by atoms with Crippen LogP contribution in [-0.2, 0) is 0 Å². The highest BCUT2D eigenvalue weighted by Crippen LogP contribution is 2.41. The average Bonchev–Trinajstić information content (AvgIpc) is 2.89. The molecule has 0 aliphatic heterocycles. The maximum absolute atomic E-state index is 13.8. The highest BCUT2D eigenvalue weighted by Gasteiger charge is 2.37. The van der Waals surface area contributed by atoms with E-state index in [0.717, 1.165) is 0 Å². The number of aliphatic hydroxyl groups is 1. The molecule has 1 heterocycles. The number of amides is 1. The van der Waals surface area contributed by atoms with Crippen molar-refractivity contribution in [1.82, 2.24) is 15.5 Å². The van der Waals surface area contributed by atoms with E-state index in [0.29, 0.717) is 29.8 Å². The molecule has 1 unspecified atom stereocenters. The van der Waals surface area contributed by atoms with Crippen LogP contribution in [0.2, 0.25) is 5.02 Å². The number of halogens is 2. The quantitative estimate of drug-likeness (QED) is 0.758. The fourth-order valence-electron chi connectivity index (χ4n) is 3.08. The molecule has 3 rings (SSSR count). The molecule has 0 spiro atoms. The lowest BCUT2D eigenvalue weighted by Gasteiger charge is -2.38. The summed E-state index contributed by atoms with van der Waals surface area (Å²) in [6.45, 7) is 1.71. The Labute approximate surface area is 149 Å². The van der Waals surface area contributed by atoms with Gasteiger partial charge >= 0.3 is 0 Å². The van der Waals surface area contributed by atoms with Crippen molar-refractivity contribution in [3.63, 3.8) is 0 Å². The third-order valence-corrected chi connectivity index (χ3v) is 4.98. The highest BCUT2D eigenvalue weighted by molar-refractivity contribution is 6.34. The maximum Gasteiger partial charge on any atom is 0.273 e. The first-order chi connectivity index (χ1) is 11.9. The summed E-state index contributed by atoms with van der Waals surface area (Å²) in [5.41, 5.74) is 1.20. The van der Waals surface area contributed by atoms with E-state index in [4.69, 9.17) is 16.3 Å². The Hall–Kier alpha value is -2.12. The molecule has 134 valence electrons. The number of ether oxygens (including phenoxy) is 1. The molecule has 3 N–H and O–H groups in total. The normalized spacial score (nSPS) is 20.7. The average molecular weight is 368 g/mol. The standard InChI is InChI=1S/C17H19ClFN3O3/c1-8-14(18)16(22-21-8)17(24)20-15(9-5-11(23)6-9)12-7-10(19)3-4-13(12)25-2/h3-4,7,9,11,15,23H,5-6H2,1-2H3,(H,20,24)(H,21,22). The minimum atomic E-state index is -0.519. The van der Waals surface area contributed by atoms with Crippen LogP contribution in [0, 0.1) is 18.7 Å². The summed E-state index contributed by atoms with van der Waals surface area (Å²) in [6.07, 6.45) is 0.607. The van der Waals surface area contributed by atoms with Crippen LogP contribution in [0.3, 0.4) is 0 Å². The lowest BCUT2D eigenvalue weighted by molar-refractivity contribution is 0.0230. The second kappa shape index (κ2) is 7.01. The van der Waals surface area contributed by atoms with Crippen LogP contribution in [0.1, 0.15) is 40.6 Å². The molecular formula is C17H19ClFN3O3. The van der Waals surface area contributed by atoms with Gasteiger partial charge in [0, 0.05) is 5.56 Å². The number of hydrogen-bond acceptors (Lipinski definition) is 4. The van der Waals surface area contributed by atoms with Crippen LogP contribution in [-0.4, -0.2) is 34.4 Å². The van der Waals surface area contributed by atoms with Crippen LogP contribution in [0.25, 0.3) is 0 Å². The van der Waals surface area contributed by atoms with Crippen LogP contribution in [0.15, 0.2) is 18.2 Å². The van der Waals surface area contributed by atoms with Crippen molar-refractivity contribution in [3.05, 3.63) is 46.0 Å². The second-order valence-corrected chi connectivity index (χ2v) is 6.61. The van der Waals surface area contributed by atoms with E-state index >= 15 is 0 Å². The maximum atomic E-state index is 13.8. The predicted octanol–water partition coefficient (Wildman–Crippen LogP) is 2.76. The number of benzene rings is 1. The number of carbonyl (C=O) groups is 1. The molecule has 1 aliphatic carbocycles. The van der Waals surface area contributed by atoms with Gasteiger partial charge in [0.25, 0.3) is 5.91 Å². The molecule has 6 nitrogen and oxygen atoms in total. The van der Waals surface area contributed by atoms with Crippen LogP contribution >= 0.6 is 11.6 Å². The highest BCUT2D eigenvalue weighted by atomic mass is 35.5. The number of carbonyl (C=O) groups excluding carboxylic acids is 1. The summed E-state index contributed by atoms with van der Waals surface area (Å²) >= 11 is 6.09. The van der Waals surface area contributed by atoms with Gasteiger partial charge in [0.05, 0.1) is 30.0 Å². The Kier molecular flexibility index (Phi) is 4.96. The summed E-state index contributed by atoms with van der Waals surface area (Å²) in [6, 6.07) is 3.64. The van der Waals surface area contributed by atoms with Gasteiger partial charge in [-0.25, -0.2) is 4.39 Å². The van der Waals surface area contributed by atoms with Crippen molar-refractivity contribution in [2.24, 2.45) is 5.92 Å². The number of nitrogens with one attached hydrogen (secondary N) is 2. The van der Waals surface area contributed by atoms with Gasteiger partial charge in [-0.15, -0.1) is 0 Å². The smallest absolute Gasteiger partial charge is 0.273 e. The van der Waals surface area contributed by atoms with Crippen LogP contribution in [0.4, 0.5) is 4.39 Å². The lowest BCUT2D eigenvalue weighted by Crippen LogP contribution is -2.41. The summed E-state index contributed by atoms with van der Waals surface area (Å²) in [5.74, 6) is -0.457. The predicted molar refractivity (Wildman–Crippen MR) is 90.2 cm³/mol. The van der Waals surface area contributed by atoms with Gasteiger partial charge in [-0.1, -0.05) is 11.6 Å². The van der Waals surface area contributed by atoms with Gasteiger partial charge in [-0.05, 0) is 43.9 Å². The molecule has 1 aromatic heterocycles. The van der Waals surface area contributed by atoms with Crippen molar-refractivity contribution in [3.8, 4) is 5.75 Å². The number of H-pyrrole nitrogens is 1. The van der Waals surface area contributed by atoms with Gasteiger partial charge in [0.2, 0.25) is 0 Å². The van der Waals surface area contributed by atoms with Crippen molar-refractivity contribution >= 4 is 17.5 Å². The van der Waals surface area contributed by atoms with Crippen molar-refractivity contribution in [2.75, 3.05) is 7.11 Å². The van der Waals surface area contributed by atoms with Crippen molar-refractivity contribution < 1.29 is 19.0 Å². The van der Waals surface area contributed by atoms with Gasteiger partial charge in [0.15, 0.2) is 5.69 Å². The van der Waals surface area contributed by atoms with E-state index in [1.165, 1.54) is 25.3 Å². The monoisotopic (exact) mass is 367 g/mol. The molecule has 2 aromatic rings. The third-order valence-electron chi connectivity index (χ3n) is 4.52. The Morgan fingerprint density at radius 1 is 1.52 bits per heavy atom. The third kappa shape index (κ3) is 3.48. The number of methoxy groups -OCH3 is 1. The van der Waals surface area contributed by atoms with E-state index in [2.05, 4.69) is 15.5 Å². The molecule has 1 aromatic carbocycles. The molecule has 1 fully saturated rings. The van der Waals surface area contributed by atoms with Crippen molar-refractivity contribution in [1.29, 1.82) is 0 Å². The summed E-state index contributed by atoms with van der Waals surface area (Å²) in [5, 5.41) is 19.3. The summed E-state index contributed by atoms with van der Waals surface area (Å²) in [4.78, 5) is 12.6. The minimum absolute atomic E-state index is 0.0338. The van der Waals surface area contributed by atoms with E-state index in [-0.39, 0.29) is 16.6 Å². The fraction of sp³-hybridized carbons (Fsp3) is 0.412. The Morgan fingerprint density at radius 2 is 2.24 bits per heavy atom. The Bertz CT molecular complexity index is 789. The minimum Gasteiger partial charge on any atom is -0.496 e. The fourth-order valence-corrected chi connectivity index (χ4v) is 3.25. The number of aliphatic hydroxyl groups excluding tert-OH is 1. The van der Waals surface area contributed by atoms with E-state index in [9.17, 15) is 14.3 Å². The molecule has 0 bridgehead atoms. The molecule has 0 saturated heterocycles. The molecular weight excluding hydrogens is 349 g/mol. The number of aryl methyl sites for hydroxylation is 1. The van der Waals surface area contributed by atoms with E-state index in [1.54, 1.807) is 6.92 Å². The zero-order chi connectivity index (χ0) is 18.1. The SMILES string of the molecule is COc1ccc(F)cc1C(NC(=O)c1n[nH]c(C)c1Cl)C1CC(O)C1. The Balaban J connectivity index is 1.92. The van der Waals surface area contributed by atoms with Crippen LogP contribution in [0.5, 0.6) is 5.75 Å². The van der Waals surface area contributed by atoms with E-state index in [1.807, 2.05) is 0 Å². The summed E-state index contributed by atoms with van der Waals surface area (Å²) < 4.78 is 19.1. The molecule has 8 heteroatoms. The van der Waals surface area contributed by atoms with Gasteiger partial charge in [-0.2, -0.15) is 5.10 Å². The molecule has 0 radical (unpaired) electrons. The molecule has 1 aliphatic rings.